The molecule has 1 amide bonds. The number of carbonyl (C=O) groups is 1. The third-order valence-electron chi connectivity index (χ3n) is 5.65. The van der Waals surface area contributed by atoms with Gasteiger partial charge in [-0.3, -0.25) is 14.2 Å². The smallest absolute Gasteiger partial charge is 0.253 e. The number of hydrogen-bond donors (Lipinski definition) is 1. The first-order valence-corrected chi connectivity index (χ1v) is 9.94. The second-order valence-corrected chi connectivity index (χ2v) is 7.97. The normalized spacial score (nSPS) is 15.5. The van der Waals surface area contributed by atoms with E-state index in [2.05, 4.69) is 9.97 Å². The molecule has 0 bridgehead atoms. The van der Waals surface area contributed by atoms with Gasteiger partial charge in [-0.1, -0.05) is 19.9 Å². The Morgan fingerprint density at radius 3 is 2.71 bits per heavy atom. The van der Waals surface area contributed by atoms with Crippen LogP contribution in [0.2, 0.25) is 0 Å². The van der Waals surface area contributed by atoms with E-state index < -0.39 is 0 Å². The number of H-pyrrole nitrogens is 1. The van der Waals surface area contributed by atoms with Crippen molar-refractivity contribution in [2.45, 2.75) is 39.2 Å². The number of amides is 1. The van der Waals surface area contributed by atoms with Gasteiger partial charge in [0.1, 0.15) is 0 Å². The minimum absolute atomic E-state index is 0.0106. The summed E-state index contributed by atoms with van der Waals surface area (Å²) >= 11 is 0. The van der Waals surface area contributed by atoms with Crippen molar-refractivity contribution in [3.8, 4) is 0 Å². The second-order valence-electron chi connectivity index (χ2n) is 7.97. The van der Waals surface area contributed by atoms with Gasteiger partial charge in [-0.25, -0.2) is 4.98 Å². The minimum Gasteiger partial charge on any atom is -0.361 e. The molecule has 1 saturated heterocycles. The van der Waals surface area contributed by atoms with Crippen molar-refractivity contribution in [2.75, 3.05) is 13.1 Å². The van der Waals surface area contributed by atoms with Gasteiger partial charge in [-0.05, 0) is 48.3 Å². The third-order valence-corrected chi connectivity index (χ3v) is 5.65. The number of nitrogens with one attached hydrogen (secondary N) is 1. The fourth-order valence-corrected chi connectivity index (χ4v) is 3.85. The highest BCUT2D eigenvalue weighted by atomic mass is 16.2. The molecule has 0 aliphatic carbocycles. The van der Waals surface area contributed by atoms with Gasteiger partial charge in [0.25, 0.3) is 11.5 Å². The molecule has 0 atom stereocenters. The monoisotopic (exact) mass is 378 g/mol. The molecule has 1 fully saturated rings. The summed E-state index contributed by atoms with van der Waals surface area (Å²) in [7, 11) is 0. The number of fused-ring (bicyclic) bond motifs is 1. The van der Waals surface area contributed by atoms with Crippen LogP contribution in [0.3, 0.4) is 0 Å². The van der Waals surface area contributed by atoms with Crippen LogP contribution in [-0.4, -0.2) is 38.4 Å². The summed E-state index contributed by atoms with van der Waals surface area (Å²) in [5.74, 6) is 0.719. The van der Waals surface area contributed by atoms with Gasteiger partial charge >= 0.3 is 0 Å². The molecule has 28 heavy (non-hydrogen) atoms. The van der Waals surface area contributed by atoms with Gasteiger partial charge < -0.3 is 9.88 Å². The van der Waals surface area contributed by atoms with Crippen molar-refractivity contribution in [3.63, 3.8) is 0 Å². The first-order valence-electron chi connectivity index (χ1n) is 9.94. The lowest BCUT2D eigenvalue weighted by Gasteiger charge is -2.32. The molecule has 2 aromatic heterocycles. The van der Waals surface area contributed by atoms with Crippen LogP contribution >= 0.6 is 0 Å². The lowest BCUT2D eigenvalue weighted by molar-refractivity contribution is 0.0682. The lowest BCUT2D eigenvalue weighted by atomic mass is 9.96. The first kappa shape index (κ1) is 18.5. The molecule has 0 radical (unpaired) electrons. The van der Waals surface area contributed by atoms with Crippen molar-refractivity contribution in [1.29, 1.82) is 0 Å². The summed E-state index contributed by atoms with van der Waals surface area (Å²) in [6, 6.07) is 9.43. The van der Waals surface area contributed by atoms with Crippen LogP contribution in [0, 0.1) is 5.92 Å². The van der Waals surface area contributed by atoms with Crippen LogP contribution in [0.25, 0.3) is 10.9 Å². The van der Waals surface area contributed by atoms with E-state index >= 15 is 0 Å². The quantitative estimate of drug-likeness (QED) is 0.756. The maximum Gasteiger partial charge on any atom is 0.253 e. The van der Waals surface area contributed by atoms with E-state index in [1.807, 2.05) is 49.2 Å². The van der Waals surface area contributed by atoms with E-state index in [4.69, 9.17) is 0 Å². The van der Waals surface area contributed by atoms with Gasteiger partial charge in [0.15, 0.2) is 0 Å². The minimum atomic E-state index is 0.0106. The molecule has 1 aliphatic heterocycles. The second kappa shape index (κ2) is 7.62. The van der Waals surface area contributed by atoms with Gasteiger partial charge in [-0.2, -0.15) is 0 Å². The Bertz CT molecular complexity index is 1040. The number of likely N-dealkylation sites (tertiary alicyclic amines) is 1. The summed E-state index contributed by atoms with van der Waals surface area (Å²) in [5, 5.41) is 1.11. The number of nitrogens with zero attached hydrogens (tertiary/aromatic N) is 3. The zero-order chi connectivity index (χ0) is 19.7. The molecule has 0 saturated carbocycles. The Kier molecular flexibility index (Phi) is 5.03. The number of benzene rings is 1. The highest BCUT2D eigenvalue weighted by Gasteiger charge is 2.24. The summed E-state index contributed by atoms with van der Waals surface area (Å²) in [6.45, 7) is 6.18. The molecule has 1 N–H and O–H groups in total. The largest absolute Gasteiger partial charge is 0.361 e. The topological polar surface area (TPSA) is 71.0 Å². The molecule has 6 heteroatoms. The average Bonchev–Trinajstić information content (AvgIpc) is 3.17. The molecular weight excluding hydrogens is 352 g/mol. The standard InChI is InChI=1S/C22H26N4O2/c1-15(2)19-12-21(27)26(14-24-19)13-16-6-9-25(10-7-16)22(28)18-4-3-17-5-8-23-20(17)11-18/h3-5,8,11-12,14-16,23H,6-7,9-10,13H2,1-2H3. The van der Waals surface area contributed by atoms with Crippen molar-refractivity contribution in [3.05, 3.63) is 64.5 Å². The zero-order valence-electron chi connectivity index (χ0n) is 16.4. The van der Waals surface area contributed by atoms with Crippen LogP contribution < -0.4 is 5.56 Å². The van der Waals surface area contributed by atoms with Crippen LogP contribution in [0.4, 0.5) is 0 Å². The number of carbonyl (C=O) groups excluding carboxylic acids is 1. The van der Waals surface area contributed by atoms with E-state index in [1.54, 1.807) is 17.0 Å². The van der Waals surface area contributed by atoms with Gasteiger partial charge in [-0.15, -0.1) is 0 Å². The van der Waals surface area contributed by atoms with Crippen molar-refractivity contribution in [2.24, 2.45) is 5.92 Å². The van der Waals surface area contributed by atoms with Crippen LogP contribution in [0.5, 0.6) is 0 Å². The Balaban J connectivity index is 1.38. The molecule has 3 aromatic rings. The molecule has 3 heterocycles. The predicted octanol–water partition coefficient (Wildman–Crippen LogP) is 3.40. The number of aromatic amines is 1. The Morgan fingerprint density at radius 1 is 1.21 bits per heavy atom. The van der Waals surface area contributed by atoms with Crippen LogP contribution in [0.15, 0.2) is 47.7 Å². The fourth-order valence-electron chi connectivity index (χ4n) is 3.85. The third kappa shape index (κ3) is 3.72. The van der Waals surface area contributed by atoms with Crippen molar-refractivity contribution in [1.82, 2.24) is 19.4 Å². The Morgan fingerprint density at radius 2 is 2.00 bits per heavy atom. The number of aromatic nitrogens is 3. The molecule has 1 aromatic carbocycles. The Hall–Kier alpha value is -2.89. The fraction of sp³-hybridized carbons (Fsp3) is 0.409. The Labute approximate surface area is 164 Å². The van der Waals surface area contributed by atoms with Gasteiger partial charge in [0.05, 0.1) is 12.0 Å². The van der Waals surface area contributed by atoms with Crippen molar-refractivity contribution >= 4 is 16.8 Å². The van der Waals surface area contributed by atoms with E-state index in [0.29, 0.717) is 12.5 Å². The first-order chi connectivity index (χ1) is 13.5. The van der Waals surface area contributed by atoms with Gasteiger partial charge in [0.2, 0.25) is 0 Å². The molecule has 4 rings (SSSR count). The number of piperidine rings is 1. The summed E-state index contributed by atoms with van der Waals surface area (Å²) < 4.78 is 1.70. The summed E-state index contributed by atoms with van der Waals surface area (Å²) in [4.78, 5) is 34.6. The molecule has 0 spiro atoms. The molecule has 146 valence electrons. The molecular formula is C22H26N4O2. The van der Waals surface area contributed by atoms with Crippen LogP contribution in [0.1, 0.15) is 48.7 Å². The molecule has 6 nitrogen and oxygen atoms in total. The molecule has 0 unspecified atom stereocenters. The predicted molar refractivity (Wildman–Crippen MR) is 110 cm³/mol. The van der Waals surface area contributed by atoms with E-state index in [-0.39, 0.29) is 17.4 Å². The molecule has 1 aliphatic rings. The maximum atomic E-state index is 12.8. The SMILES string of the molecule is CC(C)c1cc(=O)n(CC2CCN(C(=O)c3ccc4cc[nH]c4c3)CC2)cn1. The van der Waals surface area contributed by atoms with Crippen LogP contribution in [-0.2, 0) is 6.54 Å². The maximum absolute atomic E-state index is 12.8. The summed E-state index contributed by atoms with van der Waals surface area (Å²) in [6.07, 6.45) is 5.35. The zero-order valence-corrected chi connectivity index (χ0v) is 16.4. The lowest BCUT2D eigenvalue weighted by Crippen LogP contribution is -2.40. The summed E-state index contributed by atoms with van der Waals surface area (Å²) in [5.41, 5.74) is 2.55. The number of hydrogen-bond acceptors (Lipinski definition) is 3. The highest BCUT2D eigenvalue weighted by Crippen LogP contribution is 2.22. The van der Waals surface area contributed by atoms with Crippen molar-refractivity contribution < 1.29 is 4.79 Å². The number of rotatable bonds is 4. The highest BCUT2D eigenvalue weighted by molar-refractivity contribution is 5.97. The van der Waals surface area contributed by atoms with E-state index in [0.717, 1.165) is 48.1 Å². The van der Waals surface area contributed by atoms with E-state index in [1.165, 1.54) is 0 Å². The van der Waals surface area contributed by atoms with Gasteiger partial charge in [0, 0.05) is 43.0 Å². The van der Waals surface area contributed by atoms with E-state index in [9.17, 15) is 9.59 Å². The average molecular weight is 378 g/mol.